The lowest BCUT2D eigenvalue weighted by molar-refractivity contribution is -0.129. The zero-order valence-electron chi connectivity index (χ0n) is 12.4. The standard InChI is InChI=1S/C16H17BrN2O3/c1-11-3-5-12(6-4-11)10-19(2)15(20)9-18-16(21)13-7-8-14(17)22-13/h3-8H,9-10H2,1-2H3,(H,18,21). The van der Waals surface area contributed by atoms with Crippen LogP contribution in [-0.4, -0.2) is 30.3 Å². The van der Waals surface area contributed by atoms with Crippen molar-refractivity contribution in [3.05, 3.63) is 58.0 Å². The summed E-state index contributed by atoms with van der Waals surface area (Å²) in [6.45, 7) is 2.45. The van der Waals surface area contributed by atoms with E-state index in [4.69, 9.17) is 4.42 Å². The van der Waals surface area contributed by atoms with Crippen molar-refractivity contribution in [1.29, 1.82) is 0 Å². The number of nitrogens with zero attached hydrogens (tertiary/aromatic N) is 1. The lowest BCUT2D eigenvalue weighted by Gasteiger charge is -2.17. The number of hydrogen-bond acceptors (Lipinski definition) is 3. The zero-order chi connectivity index (χ0) is 16.1. The van der Waals surface area contributed by atoms with E-state index < -0.39 is 5.91 Å². The van der Waals surface area contributed by atoms with Crippen LogP contribution in [0.2, 0.25) is 0 Å². The highest BCUT2D eigenvalue weighted by Gasteiger charge is 2.14. The van der Waals surface area contributed by atoms with Gasteiger partial charge in [0.05, 0.1) is 6.54 Å². The Balaban J connectivity index is 1.83. The third kappa shape index (κ3) is 4.46. The van der Waals surface area contributed by atoms with Gasteiger partial charge in [0.25, 0.3) is 5.91 Å². The average Bonchev–Trinajstić information content (AvgIpc) is 2.93. The van der Waals surface area contributed by atoms with Crippen LogP contribution >= 0.6 is 15.9 Å². The number of amides is 2. The van der Waals surface area contributed by atoms with Gasteiger partial charge in [-0.2, -0.15) is 0 Å². The molecular weight excluding hydrogens is 348 g/mol. The molecule has 2 rings (SSSR count). The lowest BCUT2D eigenvalue weighted by Crippen LogP contribution is -2.37. The number of carbonyl (C=O) groups is 2. The SMILES string of the molecule is Cc1ccc(CN(C)C(=O)CNC(=O)c2ccc(Br)o2)cc1. The minimum absolute atomic E-state index is 0.0699. The Morgan fingerprint density at radius 1 is 1.18 bits per heavy atom. The van der Waals surface area contributed by atoms with Crippen molar-refractivity contribution in [2.75, 3.05) is 13.6 Å². The number of furan rings is 1. The summed E-state index contributed by atoms with van der Waals surface area (Å²) in [5, 5.41) is 2.54. The van der Waals surface area contributed by atoms with Crippen LogP contribution in [0.4, 0.5) is 0 Å². The highest BCUT2D eigenvalue weighted by atomic mass is 79.9. The Hall–Kier alpha value is -2.08. The summed E-state index contributed by atoms with van der Waals surface area (Å²) in [4.78, 5) is 25.4. The highest BCUT2D eigenvalue weighted by molar-refractivity contribution is 9.10. The number of hydrogen-bond donors (Lipinski definition) is 1. The van der Waals surface area contributed by atoms with E-state index in [9.17, 15) is 9.59 Å². The van der Waals surface area contributed by atoms with Crippen molar-refractivity contribution in [3.8, 4) is 0 Å². The summed E-state index contributed by atoms with van der Waals surface area (Å²) in [6.07, 6.45) is 0. The fourth-order valence-electron chi connectivity index (χ4n) is 1.87. The Bertz CT molecular complexity index is 664. The molecule has 0 aliphatic heterocycles. The smallest absolute Gasteiger partial charge is 0.287 e. The first kappa shape index (κ1) is 16.3. The Labute approximate surface area is 137 Å². The summed E-state index contributed by atoms with van der Waals surface area (Å²) in [7, 11) is 1.71. The van der Waals surface area contributed by atoms with Gasteiger partial charge in [-0.15, -0.1) is 0 Å². The van der Waals surface area contributed by atoms with Crippen LogP contribution in [0.3, 0.4) is 0 Å². The quantitative estimate of drug-likeness (QED) is 0.886. The second-order valence-electron chi connectivity index (χ2n) is 5.02. The fourth-order valence-corrected chi connectivity index (χ4v) is 2.18. The normalized spacial score (nSPS) is 10.3. The molecule has 0 spiro atoms. The van der Waals surface area contributed by atoms with Crippen LogP contribution in [0.25, 0.3) is 0 Å². The van der Waals surface area contributed by atoms with E-state index in [0.717, 1.165) is 5.56 Å². The predicted octanol–water partition coefficient (Wildman–Crippen LogP) is 2.74. The molecule has 1 aromatic carbocycles. The Kier molecular flexibility index (Phi) is 5.38. The number of rotatable bonds is 5. The lowest BCUT2D eigenvalue weighted by atomic mass is 10.1. The molecule has 22 heavy (non-hydrogen) atoms. The van der Waals surface area contributed by atoms with Crippen molar-refractivity contribution < 1.29 is 14.0 Å². The van der Waals surface area contributed by atoms with Crippen LogP contribution in [0.15, 0.2) is 45.5 Å². The van der Waals surface area contributed by atoms with E-state index in [0.29, 0.717) is 11.2 Å². The molecule has 0 unspecified atom stereocenters. The van der Waals surface area contributed by atoms with Crippen LogP contribution in [0.5, 0.6) is 0 Å². The van der Waals surface area contributed by atoms with E-state index in [1.807, 2.05) is 31.2 Å². The number of nitrogens with one attached hydrogen (secondary N) is 1. The molecule has 5 nitrogen and oxygen atoms in total. The summed E-state index contributed by atoms with van der Waals surface area (Å²) < 4.78 is 5.60. The van der Waals surface area contributed by atoms with Gasteiger partial charge in [0.2, 0.25) is 5.91 Å². The molecule has 1 heterocycles. The van der Waals surface area contributed by atoms with Crippen LogP contribution in [-0.2, 0) is 11.3 Å². The van der Waals surface area contributed by atoms with E-state index in [1.165, 1.54) is 5.56 Å². The van der Waals surface area contributed by atoms with E-state index in [2.05, 4.69) is 21.2 Å². The first-order valence-electron chi connectivity index (χ1n) is 6.79. The molecule has 0 atom stereocenters. The molecule has 0 fully saturated rings. The topological polar surface area (TPSA) is 62.6 Å². The van der Waals surface area contributed by atoms with Crippen molar-refractivity contribution in [3.63, 3.8) is 0 Å². The Morgan fingerprint density at radius 3 is 2.45 bits per heavy atom. The molecule has 6 heteroatoms. The summed E-state index contributed by atoms with van der Waals surface area (Å²) >= 11 is 3.12. The maximum Gasteiger partial charge on any atom is 0.287 e. The van der Waals surface area contributed by atoms with Gasteiger partial charge in [-0.1, -0.05) is 29.8 Å². The number of halogens is 1. The van der Waals surface area contributed by atoms with Crippen LogP contribution in [0.1, 0.15) is 21.7 Å². The molecule has 0 bridgehead atoms. The molecule has 1 N–H and O–H groups in total. The largest absolute Gasteiger partial charge is 0.444 e. The third-order valence-electron chi connectivity index (χ3n) is 3.16. The molecule has 0 saturated carbocycles. The third-order valence-corrected chi connectivity index (χ3v) is 3.59. The first-order valence-corrected chi connectivity index (χ1v) is 7.58. The second-order valence-corrected chi connectivity index (χ2v) is 5.80. The van der Waals surface area contributed by atoms with Gasteiger partial charge in [-0.25, -0.2) is 0 Å². The van der Waals surface area contributed by atoms with E-state index >= 15 is 0 Å². The van der Waals surface area contributed by atoms with Crippen LogP contribution in [0, 0.1) is 6.92 Å². The molecule has 2 amide bonds. The molecule has 0 saturated heterocycles. The van der Waals surface area contributed by atoms with E-state index in [-0.39, 0.29) is 18.2 Å². The van der Waals surface area contributed by atoms with Crippen molar-refractivity contribution in [2.45, 2.75) is 13.5 Å². The van der Waals surface area contributed by atoms with Gasteiger partial charge in [0, 0.05) is 13.6 Å². The molecule has 116 valence electrons. The number of likely N-dealkylation sites (N-methyl/N-ethyl adjacent to an activating group) is 1. The monoisotopic (exact) mass is 364 g/mol. The fraction of sp³-hybridized carbons (Fsp3) is 0.250. The number of carbonyl (C=O) groups excluding carboxylic acids is 2. The molecule has 0 aliphatic carbocycles. The van der Waals surface area contributed by atoms with Crippen molar-refractivity contribution >= 4 is 27.7 Å². The zero-order valence-corrected chi connectivity index (χ0v) is 14.0. The van der Waals surface area contributed by atoms with Gasteiger partial charge >= 0.3 is 0 Å². The van der Waals surface area contributed by atoms with Gasteiger partial charge in [-0.3, -0.25) is 9.59 Å². The van der Waals surface area contributed by atoms with Gasteiger partial charge in [0.15, 0.2) is 10.4 Å². The van der Waals surface area contributed by atoms with Gasteiger partial charge in [-0.05, 0) is 40.5 Å². The maximum atomic E-state index is 12.0. The minimum Gasteiger partial charge on any atom is -0.444 e. The predicted molar refractivity (Wildman–Crippen MR) is 86.4 cm³/mol. The molecule has 1 aromatic heterocycles. The average molecular weight is 365 g/mol. The highest BCUT2D eigenvalue weighted by Crippen LogP contribution is 2.13. The molecule has 0 radical (unpaired) electrons. The molecular formula is C16H17BrN2O3. The second kappa shape index (κ2) is 7.26. The van der Waals surface area contributed by atoms with Gasteiger partial charge < -0.3 is 14.6 Å². The molecule has 0 aliphatic rings. The van der Waals surface area contributed by atoms with Crippen molar-refractivity contribution in [2.24, 2.45) is 0 Å². The Morgan fingerprint density at radius 2 is 1.86 bits per heavy atom. The minimum atomic E-state index is -0.414. The molecule has 2 aromatic rings. The summed E-state index contributed by atoms with van der Waals surface area (Å²) in [6, 6.07) is 11.1. The number of benzene rings is 1. The van der Waals surface area contributed by atoms with E-state index in [1.54, 1.807) is 24.1 Å². The maximum absolute atomic E-state index is 12.0. The van der Waals surface area contributed by atoms with Gasteiger partial charge in [0.1, 0.15) is 0 Å². The summed E-state index contributed by atoms with van der Waals surface area (Å²) in [5.74, 6) is -0.414. The first-order chi connectivity index (χ1) is 10.5. The number of aryl methyl sites for hydroxylation is 1. The van der Waals surface area contributed by atoms with Crippen LogP contribution < -0.4 is 5.32 Å². The summed E-state index contributed by atoms with van der Waals surface area (Å²) in [5.41, 5.74) is 2.22. The van der Waals surface area contributed by atoms with Crippen molar-refractivity contribution in [1.82, 2.24) is 10.2 Å².